The van der Waals surface area contributed by atoms with Crippen LogP contribution in [0.15, 0.2) is 59.1 Å². The second-order valence-corrected chi connectivity index (χ2v) is 16.4. The average molecular weight is 926 g/mol. The fourth-order valence-electron chi connectivity index (χ4n) is 6.36. The highest BCUT2D eigenvalue weighted by molar-refractivity contribution is 7.47. The number of phosphoric ester groups is 2. The van der Waals surface area contributed by atoms with Gasteiger partial charge in [0, 0.05) is 29.8 Å². The van der Waals surface area contributed by atoms with Crippen molar-refractivity contribution < 1.29 is 71.0 Å². The molecule has 9 atom stereocenters. The number of anilines is 2. The van der Waals surface area contributed by atoms with Crippen molar-refractivity contribution in [3.63, 3.8) is 0 Å². The number of aromatic nitrogens is 6. The van der Waals surface area contributed by atoms with Gasteiger partial charge in [-0.1, -0.05) is 29.4 Å². The molecule has 0 aliphatic carbocycles. The first-order valence-electron chi connectivity index (χ1n) is 18.5. The van der Waals surface area contributed by atoms with Gasteiger partial charge in [-0.3, -0.25) is 27.5 Å². The molecule has 2 fully saturated rings. The summed E-state index contributed by atoms with van der Waals surface area (Å²) in [6, 6.07) is 6.31. The molecule has 0 spiro atoms. The number of fused-ring (bicyclic) bond motifs is 1. The van der Waals surface area contributed by atoms with Crippen LogP contribution in [0, 0.1) is 0 Å². The van der Waals surface area contributed by atoms with Crippen LogP contribution in [0.25, 0.3) is 21.6 Å². The normalized spacial score (nSPS) is 23.7. The van der Waals surface area contributed by atoms with Crippen LogP contribution in [0.3, 0.4) is 0 Å². The Bertz CT molecular complexity index is 2470. The monoisotopic (exact) mass is 925 g/mol. The van der Waals surface area contributed by atoms with E-state index in [0.717, 1.165) is 10.9 Å². The molecule has 3 aromatic heterocycles. The zero-order chi connectivity index (χ0) is 45.5. The van der Waals surface area contributed by atoms with E-state index in [4.69, 9.17) is 50.7 Å². The highest BCUT2D eigenvalue weighted by Gasteiger charge is 2.50. The van der Waals surface area contributed by atoms with Gasteiger partial charge < -0.3 is 61.3 Å². The lowest BCUT2D eigenvalue weighted by Gasteiger charge is -2.24. The summed E-state index contributed by atoms with van der Waals surface area (Å²) in [6.07, 6.45) is -7.78. The zero-order valence-electron chi connectivity index (χ0n) is 32.5. The van der Waals surface area contributed by atoms with Crippen molar-refractivity contribution in [3.05, 3.63) is 75.7 Å². The molecule has 29 nitrogen and oxygen atoms in total. The predicted octanol–water partition coefficient (Wildman–Crippen LogP) is 0.292. The number of azide groups is 1. The van der Waals surface area contributed by atoms with E-state index in [2.05, 4.69) is 39.8 Å². The molecule has 31 heteroatoms. The summed E-state index contributed by atoms with van der Waals surface area (Å²) in [5.74, 6) is -1.14. The van der Waals surface area contributed by atoms with Gasteiger partial charge in [0.1, 0.15) is 61.0 Å². The Balaban J connectivity index is 1.09. The van der Waals surface area contributed by atoms with Crippen LogP contribution in [-0.4, -0.2) is 117 Å². The van der Waals surface area contributed by atoms with E-state index in [1.54, 1.807) is 24.3 Å². The molecule has 2 unspecified atom stereocenters. The molecule has 4 aromatic rings. The van der Waals surface area contributed by atoms with Crippen molar-refractivity contribution in [2.75, 3.05) is 31.2 Å². The first kappa shape index (κ1) is 46.9. The largest absolute Gasteiger partial charge is 0.472 e. The number of carbonyl (C=O) groups excluding carboxylic acids is 2. The number of alkyl carbamates (subject to hydrolysis) is 1. The molecule has 2 aliphatic heterocycles. The Morgan fingerprint density at radius 2 is 1.79 bits per heavy atom. The van der Waals surface area contributed by atoms with Gasteiger partial charge in [0.25, 0.3) is 0 Å². The number of amides is 1. The lowest BCUT2D eigenvalue weighted by molar-refractivity contribution is -0.158. The summed E-state index contributed by atoms with van der Waals surface area (Å²) < 4.78 is 64.7. The molecule has 2 saturated heterocycles. The van der Waals surface area contributed by atoms with Crippen LogP contribution in [0.4, 0.5) is 22.1 Å². The Morgan fingerprint density at radius 3 is 2.51 bits per heavy atom. The molecule has 11 N–H and O–H groups in total. The summed E-state index contributed by atoms with van der Waals surface area (Å²) in [5, 5.41) is 17.5. The third-order valence-electron chi connectivity index (χ3n) is 9.37. The van der Waals surface area contributed by atoms with Crippen LogP contribution in [0.1, 0.15) is 37.3 Å². The predicted molar refractivity (Wildman–Crippen MR) is 210 cm³/mol. The maximum Gasteiger partial charge on any atom is 0.472 e. The Hall–Kier alpha value is -5.64. The first-order chi connectivity index (χ1) is 29.9. The Labute approximate surface area is 353 Å². The highest BCUT2D eigenvalue weighted by atomic mass is 31.2. The number of phosphoric acid groups is 2. The summed E-state index contributed by atoms with van der Waals surface area (Å²) in [7, 11) is -10.3. The van der Waals surface area contributed by atoms with E-state index in [1.807, 2.05) is 0 Å². The fraction of sp³-hybridized carbons (Fsp3) is 0.469. The van der Waals surface area contributed by atoms with Crippen LogP contribution >= 0.6 is 15.6 Å². The molecule has 2 aliphatic rings. The third kappa shape index (κ3) is 12.3. The zero-order valence-corrected chi connectivity index (χ0v) is 34.3. The minimum Gasteiger partial charge on any atom is -0.455 e. The van der Waals surface area contributed by atoms with Gasteiger partial charge in [0.05, 0.1) is 19.5 Å². The molecule has 0 radical (unpaired) electrons. The minimum absolute atomic E-state index is 0.000424. The van der Waals surface area contributed by atoms with E-state index in [1.165, 1.54) is 23.2 Å². The van der Waals surface area contributed by atoms with Gasteiger partial charge in [-0.15, -0.1) is 0 Å². The minimum atomic E-state index is -5.21. The van der Waals surface area contributed by atoms with Crippen molar-refractivity contribution in [1.29, 1.82) is 0 Å². The Morgan fingerprint density at radius 1 is 1.05 bits per heavy atom. The smallest absolute Gasteiger partial charge is 0.455 e. The highest BCUT2D eigenvalue weighted by Crippen LogP contribution is 2.50. The standard InChI is InChI=1S/C32H41N13O16P2/c33-18(2-1-8-37-32(49)55-11-16-3-5-17(6-4-16)42-43-36)30(47)60-26-21(59-29(25(26)46)45-15-40-24-27(35)38-14-39-28(24)45)13-57-63(53,54)61-19-10-23(44-9-7-22(34)41-31(44)48)58-20(19)12-56-62(50,51)52/h3-7,9,14-15,18-21,23,25-26,29,46H,1-2,8,10-13,33H2,(H,37,49)(H,53,54)(H2,34,41,48)(H2,35,38,39)(H2,50,51,52)/t18?,19-,20-,21+,23+,25+,26+,29+/m0/s1. The lowest BCUT2D eigenvalue weighted by Crippen LogP contribution is -2.43. The van der Waals surface area contributed by atoms with Crippen molar-refractivity contribution in [3.8, 4) is 0 Å². The summed E-state index contributed by atoms with van der Waals surface area (Å²) in [5.41, 5.74) is 26.5. The number of ether oxygens (including phenoxy) is 4. The number of esters is 1. The van der Waals surface area contributed by atoms with Crippen molar-refractivity contribution in [2.45, 2.75) is 74.9 Å². The van der Waals surface area contributed by atoms with Crippen LogP contribution in [0.5, 0.6) is 0 Å². The van der Waals surface area contributed by atoms with Crippen molar-refractivity contribution in [2.24, 2.45) is 10.8 Å². The van der Waals surface area contributed by atoms with Crippen LogP contribution < -0.4 is 28.2 Å². The van der Waals surface area contributed by atoms with Crippen molar-refractivity contribution >= 4 is 56.2 Å². The maximum absolute atomic E-state index is 13.4. The van der Waals surface area contributed by atoms with Crippen LogP contribution in [0.2, 0.25) is 0 Å². The van der Waals surface area contributed by atoms with Gasteiger partial charge in [0.2, 0.25) is 0 Å². The summed E-state index contributed by atoms with van der Waals surface area (Å²) in [6.45, 7) is -1.77. The molecular weight excluding hydrogens is 884 g/mol. The molecule has 0 bridgehead atoms. The quantitative estimate of drug-likeness (QED) is 0.0156. The van der Waals surface area contributed by atoms with E-state index in [0.29, 0.717) is 11.3 Å². The summed E-state index contributed by atoms with van der Waals surface area (Å²) in [4.78, 5) is 85.8. The summed E-state index contributed by atoms with van der Waals surface area (Å²) >= 11 is 0. The molecule has 340 valence electrons. The Kier molecular flexibility index (Phi) is 15.1. The molecular formula is C32H41N13O16P2. The second kappa shape index (κ2) is 20.2. The molecule has 6 rings (SSSR count). The molecule has 1 aromatic carbocycles. The van der Waals surface area contributed by atoms with E-state index in [-0.39, 0.29) is 55.2 Å². The average Bonchev–Trinajstić information content (AvgIpc) is 3.92. The molecule has 5 heterocycles. The van der Waals surface area contributed by atoms with Gasteiger partial charge >= 0.3 is 33.4 Å². The van der Waals surface area contributed by atoms with Gasteiger partial charge in [-0.2, -0.15) is 4.98 Å². The number of aliphatic hydroxyl groups is 1. The number of carbonyl (C=O) groups is 2. The number of nitrogens with two attached hydrogens (primary N) is 3. The number of nitrogen functional groups attached to an aromatic ring is 2. The molecule has 0 saturated carbocycles. The number of aliphatic hydroxyl groups excluding tert-OH is 1. The number of rotatable bonds is 19. The van der Waals surface area contributed by atoms with E-state index >= 15 is 0 Å². The third-order valence-corrected chi connectivity index (χ3v) is 10.9. The van der Waals surface area contributed by atoms with Crippen molar-refractivity contribution in [1.82, 2.24) is 34.4 Å². The second-order valence-electron chi connectivity index (χ2n) is 13.7. The molecule has 1 amide bonds. The fourth-order valence-corrected chi connectivity index (χ4v) is 7.67. The van der Waals surface area contributed by atoms with E-state index < -0.39 is 95.6 Å². The number of nitrogens with one attached hydrogen (secondary N) is 1. The topological polar surface area (TPSA) is 431 Å². The lowest BCUT2D eigenvalue weighted by atomic mass is 10.1. The SMILES string of the molecule is [N-]=[N+]=Nc1ccc(COC(=O)NCCCC(N)C(=O)O[C@H]2[C@@H](O)[C@H](n3cnc4c(N)ncnc43)O[C@@H]2COP(=O)(O)O[C@H]2C[C@H](n3ccc(N)nc3=O)O[C@H]2COP(=O)(O)O)cc1. The number of imidazole rings is 1. The van der Waals surface area contributed by atoms with Crippen LogP contribution in [-0.2, 0) is 53.1 Å². The number of nitrogens with zero attached hydrogens (tertiary/aromatic N) is 9. The number of hydrogen-bond acceptors (Lipinski definition) is 21. The maximum atomic E-state index is 13.4. The van der Waals surface area contributed by atoms with Gasteiger partial charge in [-0.05, 0) is 30.0 Å². The van der Waals surface area contributed by atoms with E-state index in [9.17, 15) is 43.3 Å². The van der Waals surface area contributed by atoms with Gasteiger partial charge in [0.15, 0.2) is 23.8 Å². The number of hydrogen-bond donors (Lipinski definition) is 8. The molecule has 63 heavy (non-hydrogen) atoms. The first-order valence-corrected chi connectivity index (χ1v) is 21.6. The number of benzene rings is 1. The van der Waals surface area contributed by atoms with Gasteiger partial charge in [-0.25, -0.2) is 33.7 Å².